The number of aromatic nitrogens is 1. The monoisotopic (exact) mass is 717 g/mol. The second-order valence-electron chi connectivity index (χ2n) is 16.8. The highest BCUT2D eigenvalue weighted by atomic mass is 19.1. The quantitative estimate of drug-likeness (QED) is 0.165. The second-order valence-corrected chi connectivity index (χ2v) is 16.8. The average molecular weight is 718 g/mol. The normalized spacial score (nSPS) is 34.3. The lowest BCUT2D eigenvalue weighted by atomic mass is 9.50. The molecule has 284 valence electrons. The Morgan fingerprint density at radius 2 is 1.90 bits per heavy atom. The van der Waals surface area contributed by atoms with Gasteiger partial charge in [0, 0.05) is 41.8 Å². The van der Waals surface area contributed by atoms with Crippen LogP contribution in [0.1, 0.15) is 86.4 Å². The highest BCUT2D eigenvalue weighted by Gasteiger charge is 2.61. The number of hydrogen-bond acceptors (Lipinski definition) is 11. The number of aliphatic hydroxyl groups is 3. The first-order valence-corrected chi connectivity index (χ1v) is 17.8. The molecule has 1 saturated heterocycles. The van der Waals surface area contributed by atoms with Gasteiger partial charge in [-0.25, -0.2) is 14.0 Å². The van der Waals surface area contributed by atoms with E-state index in [1.807, 2.05) is 52.8 Å². The molecule has 3 unspecified atom stereocenters. The van der Waals surface area contributed by atoms with Crippen molar-refractivity contribution in [2.24, 2.45) is 22.7 Å². The number of amides is 1. The fourth-order valence-electron chi connectivity index (χ4n) is 8.84. The molecule has 0 spiro atoms. The van der Waals surface area contributed by atoms with E-state index in [0.717, 1.165) is 30.1 Å². The van der Waals surface area contributed by atoms with Gasteiger partial charge in [-0.1, -0.05) is 44.9 Å². The first-order valence-electron chi connectivity index (χ1n) is 17.8. The lowest BCUT2D eigenvalue weighted by molar-refractivity contribution is -0.205. The minimum atomic E-state index is -2.09. The van der Waals surface area contributed by atoms with E-state index in [9.17, 15) is 24.9 Å². The molecule has 3 aliphatic carbocycles. The van der Waals surface area contributed by atoms with Crippen LogP contribution in [0.5, 0.6) is 0 Å². The van der Waals surface area contributed by atoms with E-state index in [1.54, 1.807) is 20.8 Å². The first-order chi connectivity index (χ1) is 23.6. The molecule has 2 bridgehead atoms. The van der Waals surface area contributed by atoms with Crippen molar-refractivity contribution in [3.05, 3.63) is 52.6 Å². The maximum atomic E-state index is 15.0. The Morgan fingerprint density at radius 3 is 2.49 bits per heavy atom. The molecule has 0 aromatic carbocycles. The number of alkyl carbamates (subject to hydrolysis) is 1. The van der Waals surface area contributed by atoms with E-state index in [2.05, 4.69) is 17.2 Å². The number of hydrogen-bond donors (Lipinski definition) is 4. The van der Waals surface area contributed by atoms with Gasteiger partial charge < -0.3 is 44.5 Å². The van der Waals surface area contributed by atoms with Crippen molar-refractivity contribution >= 4 is 12.1 Å². The number of carbonyl (C=O) groups is 2. The molecule has 5 rings (SSSR count). The van der Waals surface area contributed by atoms with Crippen LogP contribution in [0.4, 0.5) is 9.18 Å². The summed E-state index contributed by atoms with van der Waals surface area (Å²) in [5, 5.41) is 37.7. The van der Waals surface area contributed by atoms with Crippen LogP contribution in [0, 0.1) is 28.5 Å². The molecule has 10 atom stereocenters. The highest BCUT2D eigenvalue weighted by Crippen LogP contribution is 2.61. The summed E-state index contributed by atoms with van der Waals surface area (Å²) >= 11 is 0. The van der Waals surface area contributed by atoms with Crippen molar-refractivity contribution in [2.45, 2.75) is 123 Å². The molecule has 1 aromatic rings. The molecule has 1 aliphatic heterocycles. The number of likely N-dealkylation sites (N-methyl/N-ethyl adjacent to an activating group) is 1. The van der Waals surface area contributed by atoms with Crippen LogP contribution in [0.15, 0.2) is 41.1 Å². The number of esters is 1. The van der Waals surface area contributed by atoms with E-state index >= 15 is 4.39 Å². The molecule has 2 fully saturated rings. The van der Waals surface area contributed by atoms with Crippen molar-refractivity contribution in [3.8, 4) is 0 Å². The zero-order chi connectivity index (χ0) is 37.8. The molecule has 1 amide bonds. The van der Waals surface area contributed by atoms with Crippen LogP contribution >= 0.6 is 0 Å². The summed E-state index contributed by atoms with van der Waals surface area (Å²) in [5.41, 5.74) is -1.71. The summed E-state index contributed by atoms with van der Waals surface area (Å²) < 4.78 is 38.9. The van der Waals surface area contributed by atoms with Crippen LogP contribution in [0.3, 0.4) is 0 Å². The molecule has 2 heterocycles. The Hall–Kier alpha value is -2.94. The van der Waals surface area contributed by atoms with Gasteiger partial charge in [0.25, 0.3) is 0 Å². The Kier molecular flexibility index (Phi) is 10.9. The number of rotatable bonds is 9. The molecule has 1 aromatic heterocycles. The summed E-state index contributed by atoms with van der Waals surface area (Å²) in [7, 11) is 3.72. The Balaban J connectivity index is 1.54. The number of fused-ring (bicyclic) bond motifs is 5. The van der Waals surface area contributed by atoms with Gasteiger partial charge in [0.05, 0.1) is 24.4 Å². The molecule has 13 heteroatoms. The fourth-order valence-corrected chi connectivity index (χ4v) is 8.84. The number of pyridine rings is 1. The van der Waals surface area contributed by atoms with Crippen molar-refractivity contribution in [1.29, 1.82) is 0 Å². The minimum absolute atomic E-state index is 0.0172. The number of ether oxygens (including phenoxy) is 4. The fraction of sp³-hybridized carbons (Fsp3) is 0.711. The maximum Gasteiger partial charge on any atom is 0.408 e. The predicted octanol–water partition coefficient (Wildman–Crippen LogP) is 4.19. The van der Waals surface area contributed by atoms with Gasteiger partial charge in [-0.3, -0.25) is 4.98 Å². The number of nitrogens with one attached hydrogen (secondary N) is 1. The topological polar surface area (TPSA) is 160 Å². The van der Waals surface area contributed by atoms with Crippen LogP contribution in [0.25, 0.3) is 0 Å². The molecular formula is C38H56FN3O9. The Morgan fingerprint density at radius 1 is 1.22 bits per heavy atom. The van der Waals surface area contributed by atoms with Gasteiger partial charge in [0.2, 0.25) is 0 Å². The van der Waals surface area contributed by atoms with E-state index in [0.29, 0.717) is 12.2 Å². The summed E-state index contributed by atoms with van der Waals surface area (Å²) in [6, 6.07) is 0.801. The van der Waals surface area contributed by atoms with Gasteiger partial charge in [-0.05, 0) is 72.3 Å². The molecule has 51 heavy (non-hydrogen) atoms. The zero-order valence-electron chi connectivity index (χ0n) is 31.5. The van der Waals surface area contributed by atoms with Gasteiger partial charge in [-0.2, -0.15) is 0 Å². The maximum absolute atomic E-state index is 15.0. The van der Waals surface area contributed by atoms with Crippen molar-refractivity contribution in [2.75, 3.05) is 27.2 Å². The zero-order valence-corrected chi connectivity index (χ0v) is 31.5. The lowest BCUT2D eigenvalue weighted by Crippen LogP contribution is -2.61. The van der Waals surface area contributed by atoms with Gasteiger partial charge in [0.15, 0.2) is 12.4 Å². The number of aliphatic hydroxyl groups excluding tert-OH is 2. The van der Waals surface area contributed by atoms with Crippen molar-refractivity contribution in [1.82, 2.24) is 15.2 Å². The first kappa shape index (κ1) is 39.3. The van der Waals surface area contributed by atoms with E-state index in [4.69, 9.17) is 18.9 Å². The number of halogens is 1. The molecule has 4 aliphatic rings. The SMILES string of the molecule is CC1=C2C(C)[C@@H](OC(O)CN(C)C)[C@]3(C)CCC4OC[C@H]4/C3=C/[C@](O)(C[C@@H]1OC(=O)[C@H](O)[C@@H](NC(=O)OC(C)(C)C)c1ncccc1F)C2(C)C. The van der Waals surface area contributed by atoms with E-state index in [1.165, 1.54) is 12.3 Å². The van der Waals surface area contributed by atoms with Crippen LogP contribution in [-0.2, 0) is 23.7 Å². The summed E-state index contributed by atoms with van der Waals surface area (Å²) in [6.07, 6.45) is -0.932. The lowest BCUT2D eigenvalue weighted by Gasteiger charge is -2.60. The van der Waals surface area contributed by atoms with Crippen molar-refractivity contribution in [3.63, 3.8) is 0 Å². The number of nitrogens with zero attached hydrogens (tertiary/aromatic N) is 2. The molecule has 1 saturated carbocycles. The van der Waals surface area contributed by atoms with Crippen LogP contribution < -0.4 is 5.32 Å². The smallest absolute Gasteiger partial charge is 0.408 e. The Labute approximate surface area is 300 Å². The van der Waals surface area contributed by atoms with E-state index < -0.39 is 70.6 Å². The standard InChI is InChI=1S/C38H56FN3O9/c1-20-26(49-33(45)31(44)30(29-24(39)12-11-15-40-29)41-34(46)51-35(3,4)5)17-38(47)16-23-22-19-48-25(22)13-14-37(23,8)32(50-27(43)18-42(9)10)21(2)28(20)36(38,6)7/h11-12,15-16,21-22,25-27,30-32,43-44,47H,13-14,17-19H2,1-10H3,(H,41,46)/b23-16-/t21?,22-,25?,26-,27?,30-,31+,32+,37+,38-/m0/s1. The molecule has 0 radical (unpaired) electrons. The summed E-state index contributed by atoms with van der Waals surface area (Å²) in [5.74, 6) is -2.30. The predicted molar refractivity (Wildman–Crippen MR) is 185 cm³/mol. The van der Waals surface area contributed by atoms with E-state index in [-0.39, 0.29) is 36.6 Å². The second kappa shape index (κ2) is 14.1. The summed E-state index contributed by atoms with van der Waals surface area (Å²) in [4.78, 5) is 32.5. The third kappa shape index (κ3) is 7.48. The largest absolute Gasteiger partial charge is 0.456 e. The molecule has 12 nitrogen and oxygen atoms in total. The van der Waals surface area contributed by atoms with Gasteiger partial charge in [-0.15, -0.1) is 0 Å². The summed E-state index contributed by atoms with van der Waals surface area (Å²) in [6.45, 7) is 15.7. The van der Waals surface area contributed by atoms with Gasteiger partial charge >= 0.3 is 12.1 Å². The third-order valence-corrected chi connectivity index (χ3v) is 11.4. The molecule has 4 N–H and O–H groups in total. The number of carbonyl (C=O) groups excluding carboxylic acids is 2. The van der Waals surface area contributed by atoms with Gasteiger partial charge in [0.1, 0.15) is 29.3 Å². The Bertz CT molecular complexity index is 1560. The van der Waals surface area contributed by atoms with Crippen LogP contribution in [-0.4, -0.2) is 106 Å². The third-order valence-electron chi connectivity index (χ3n) is 11.4. The highest BCUT2D eigenvalue weighted by molar-refractivity contribution is 5.78. The van der Waals surface area contributed by atoms with Crippen LogP contribution in [0.2, 0.25) is 0 Å². The van der Waals surface area contributed by atoms with Crippen molar-refractivity contribution < 1.29 is 48.2 Å². The minimum Gasteiger partial charge on any atom is -0.456 e. The molecular weight excluding hydrogens is 661 g/mol. The average Bonchev–Trinajstić information content (AvgIpc) is 2.98.